The second-order valence-corrected chi connectivity index (χ2v) is 4.48. The number of carbonyl (C=O) groups excluding carboxylic acids is 1. The van der Waals surface area contributed by atoms with Crippen molar-refractivity contribution in [3.05, 3.63) is 34.9 Å². The zero-order valence-electron chi connectivity index (χ0n) is 10.6. The Hall–Kier alpha value is -1.31. The smallest absolute Gasteiger partial charge is 0.224 e. The van der Waals surface area contributed by atoms with Gasteiger partial charge in [0.15, 0.2) is 0 Å². The molecule has 0 unspecified atom stereocenters. The number of nitrogens with one attached hydrogen (secondary N) is 1. The van der Waals surface area contributed by atoms with E-state index in [1.165, 1.54) is 11.1 Å². The lowest BCUT2D eigenvalue weighted by atomic mass is 10.0. The normalized spacial score (nSPS) is 12.2. The van der Waals surface area contributed by atoms with Crippen molar-refractivity contribution in [3.8, 4) is 0 Å². The zero-order chi connectivity index (χ0) is 12.1. The van der Waals surface area contributed by atoms with Gasteiger partial charge in [0.05, 0.1) is 6.42 Å². The highest BCUT2D eigenvalue weighted by atomic mass is 16.1. The van der Waals surface area contributed by atoms with Gasteiger partial charge in [-0.15, -0.1) is 0 Å². The molecule has 2 heteroatoms. The van der Waals surface area contributed by atoms with Crippen LogP contribution in [0.3, 0.4) is 0 Å². The Labute approximate surface area is 98.1 Å². The Morgan fingerprint density at radius 2 is 2.06 bits per heavy atom. The number of carbonyl (C=O) groups is 1. The largest absolute Gasteiger partial charge is 0.353 e. The summed E-state index contributed by atoms with van der Waals surface area (Å²) in [4.78, 5) is 11.7. The molecule has 16 heavy (non-hydrogen) atoms. The number of rotatable bonds is 4. The van der Waals surface area contributed by atoms with Gasteiger partial charge in [-0.2, -0.15) is 0 Å². The average molecular weight is 219 g/mol. The number of amides is 1. The highest BCUT2D eigenvalue weighted by molar-refractivity contribution is 5.79. The molecule has 0 aromatic heterocycles. The summed E-state index contributed by atoms with van der Waals surface area (Å²) >= 11 is 0. The predicted molar refractivity (Wildman–Crippen MR) is 67.5 cm³/mol. The minimum atomic E-state index is 0.114. The van der Waals surface area contributed by atoms with Crippen LogP contribution in [0.5, 0.6) is 0 Å². The Bertz CT molecular complexity index is 371. The van der Waals surface area contributed by atoms with Crippen molar-refractivity contribution in [2.75, 3.05) is 0 Å². The standard InChI is InChI=1S/C14H21NO/c1-5-12(4)15-14(16)9-13-8-10(2)6-7-11(13)3/h6-8,12H,5,9H2,1-4H3,(H,15,16)/t12-/m1/s1. The lowest BCUT2D eigenvalue weighted by Crippen LogP contribution is -2.33. The molecule has 0 aliphatic rings. The second kappa shape index (κ2) is 5.69. The third-order valence-electron chi connectivity index (χ3n) is 2.88. The SMILES string of the molecule is CC[C@@H](C)NC(=O)Cc1cc(C)ccc1C. The van der Waals surface area contributed by atoms with E-state index < -0.39 is 0 Å². The molecule has 1 N–H and O–H groups in total. The van der Waals surface area contributed by atoms with Crippen molar-refractivity contribution in [1.82, 2.24) is 5.32 Å². The van der Waals surface area contributed by atoms with Crippen LogP contribution in [-0.4, -0.2) is 11.9 Å². The molecule has 0 saturated heterocycles. The fraction of sp³-hybridized carbons (Fsp3) is 0.500. The van der Waals surface area contributed by atoms with Crippen molar-refractivity contribution in [2.45, 2.75) is 46.6 Å². The monoisotopic (exact) mass is 219 g/mol. The average Bonchev–Trinajstić information content (AvgIpc) is 2.23. The van der Waals surface area contributed by atoms with Crippen molar-refractivity contribution in [2.24, 2.45) is 0 Å². The fourth-order valence-electron chi connectivity index (χ4n) is 1.59. The highest BCUT2D eigenvalue weighted by Crippen LogP contribution is 2.11. The maximum atomic E-state index is 11.7. The zero-order valence-corrected chi connectivity index (χ0v) is 10.6. The summed E-state index contributed by atoms with van der Waals surface area (Å²) in [6.07, 6.45) is 1.45. The minimum absolute atomic E-state index is 0.114. The van der Waals surface area contributed by atoms with Crippen LogP contribution in [-0.2, 0) is 11.2 Å². The molecule has 1 rings (SSSR count). The summed E-state index contributed by atoms with van der Waals surface area (Å²) in [5.41, 5.74) is 3.52. The van der Waals surface area contributed by atoms with Crippen LogP contribution in [0.15, 0.2) is 18.2 Å². The van der Waals surface area contributed by atoms with E-state index in [1.807, 2.05) is 13.8 Å². The molecule has 1 amide bonds. The van der Waals surface area contributed by atoms with Crippen LogP contribution in [0.1, 0.15) is 37.0 Å². The molecule has 1 aromatic carbocycles. The van der Waals surface area contributed by atoms with Gasteiger partial charge < -0.3 is 5.32 Å². The first-order valence-electron chi connectivity index (χ1n) is 5.88. The van der Waals surface area contributed by atoms with Crippen LogP contribution in [0, 0.1) is 13.8 Å². The van der Waals surface area contributed by atoms with Gasteiger partial charge in [0, 0.05) is 6.04 Å². The topological polar surface area (TPSA) is 29.1 Å². The van der Waals surface area contributed by atoms with Gasteiger partial charge in [-0.05, 0) is 38.3 Å². The van der Waals surface area contributed by atoms with Gasteiger partial charge in [-0.3, -0.25) is 4.79 Å². The van der Waals surface area contributed by atoms with E-state index in [1.54, 1.807) is 0 Å². The molecular formula is C14H21NO. The molecule has 2 nitrogen and oxygen atoms in total. The van der Waals surface area contributed by atoms with E-state index in [0.717, 1.165) is 12.0 Å². The first kappa shape index (κ1) is 12.8. The summed E-state index contributed by atoms with van der Waals surface area (Å²) in [5.74, 6) is 0.114. The van der Waals surface area contributed by atoms with Crippen LogP contribution in [0.25, 0.3) is 0 Å². The van der Waals surface area contributed by atoms with E-state index in [0.29, 0.717) is 6.42 Å². The van der Waals surface area contributed by atoms with E-state index in [4.69, 9.17) is 0 Å². The molecule has 88 valence electrons. The fourth-order valence-corrected chi connectivity index (χ4v) is 1.59. The van der Waals surface area contributed by atoms with Crippen LogP contribution in [0.2, 0.25) is 0 Å². The molecule has 1 atom stereocenters. The Kier molecular flexibility index (Phi) is 4.53. The Morgan fingerprint density at radius 3 is 2.69 bits per heavy atom. The van der Waals surface area contributed by atoms with Gasteiger partial charge in [0.2, 0.25) is 5.91 Å². The molecule has 0 saturated carbocycles. The molecule has 0 spiro atoms. The van der Waals surface area contributed by atoms with Gasteiger partial charge >= 0.3 is 0 Å². The Balaban J connectivity index is 2.65. The van der Waals surface area contributed by atoms with Crippen molar-refractivity contribution in [3.63, 3.8) is 0 Å². The summed E-state index contributed by atoms with van der Waals surface area (Å²) in [7, 11) is 0. The summed E-state index contributed by atoms with van der Waals surface area (Å²) < 4.78 is 0. The van der Waals surface area contributed by atoms with Crippen LogP contribution >= 0.6 is 0 Å². The predicted octanol–water partition coefficient (Wildman–Crippen LogP) is 2.76. The summed E-state index contributed by atoms with van der Waals surface area (Å²) in [6, 6.07) is 6.50. The first-order chi connectivity index (χ1) is 7.52. The van der Waals surface area contributed by atoms with E-state index in [2.05, 4.69) is 37.4 Å². The molecule has 0 aliphatic carbocycles. The second-order valence-electron chi connectivity index (χ2n) is 4.48. The summed E-state index contributed by atoms with van der Waals surface area (Å²) in [6.45, 7) is 8.20. The van der Waals surface area contributed by atoms with Crippen LogP contribution < -0.4 is 5.32 Å². The van der Waals surface area contributed by atoms with E-state index in [-0.39, 0.29) is 11.9 Å². The van der Waals surface area contributed by atoms with Crippen molar-refractivity contribution in [1.29, 1.82) is 0 Å². The molecule has 1 aromatic rings. The maximum Gasteiger partial charge on any atom is 0.224 e. The lowest BCUT2D eigenvalue weighted by Gasteiger charge is -2.12. The van der Waals surface area contributed by atoms with Gasteiger partial charge in [-0.1, -0.05) is 30.7 Å². The summed E-state index contributed by atoms with van der Waals surface area (Å²) in [5, 5.41) is 2.99. The lowest BCUT2D eigenvalue weighted by molar-refractivity contribution is -0.121. The first-order valence-corrected chi connectivity index (χ1v) is 5.88. The van der Waals surface area contributed by atoms with Crippen molar-refractivity contribution >= 4 is 5.91 Å². The number of benzene rings is 1. The van der Waals surface area contributed by atoms with Crippen LogP contribution in [0.4, 0.5) is 0 Å². The van der Waals surface area contributed by atoms with E-state index >= 15 is 0 Å². The molecule has 0 radical (unpaired) electrons. The molecule has 0 aliphatic heterocycles. The number of hydrogen-bond donors (Lipinski definition) is 1. The third kappa shape index (κ3) is 3.69. The van der Waals surface area contributed by atoms with Gasteiger partial charge in [0.25, 0.3) is 0 Å². The van der Waals surface area contributed by atoms with E-state index in [9.17, 15) is 4.79 Å². The highest BCUT2D eigenvalue weighted by Gasteiger charge is 2.08. The minimum Gasteiger partial charge on any atom is -0.353 e. The quantitative estimate of drug-likeness (QED) is 0.829. The number of hydrogen-bond acceptors (Lipinski definition) is 1. The van der Waals surface area contributed by atoms with Gasteiger partial charge in [0.1, 0.15) is 0 Å². The molecule has 0 heterocycles. The molecular weight excluding hydrogens is 198 g/mol. The molecule has 0 fully saturated rings. The molecule has 0 bridgehead atoms. The van der Waals surface area contributed by atoms with Gasteiger partial charge in [-0.25, -0.2) is 0 Å². The Morgan fingerprint density at radius 1 is 1.38 bits per heavy atom. The number of aryl methyl sites for hydroxylation is 2. The maximum absolute atomic E-state index is 11.7. The van der Waals surface area contributed by atoms with Crippen molar-refractivity contribution < 1.29 is 4.79 Å². The third-order valence-corrected chi connectivity index (χ3v) is 2.88.